The van der Waals surface area contributed by atoms with Gasteiger partial charge in [-0.3, -0.25) is 19.8 Å². The van der Waals surface area contributed by atoms with Crippen molar-refractivity contribution in [3.8, 4) is 5.75 Å². The van der Waals surface area contributed by atoms with Crippen molar-refractivity contribution in [3.05, 3.63) is 155 Å². The Morgan fingerprint density at radius 1 is 0.627 bits per heavy atom. The lowest BCUT2D eigenvalue weighted by Gasteiger charge is -2.25. The number of nitrogens with zero attached hydrogens (tertiary/aromatic N) is 10. The van der Waals surface area contributed by atoms with Crippen molar-refractivity contribution in [3.63, 3.8) is 0 Å². The third kappa shape index (κ3) is 12.6. The van der Waals surface area contributed by atoms with Gasteiger partial charge in [-0.15, -0.1) is 0 Å². The number of H-pyrrole nitrogens is 1. The summed E-state index contributed by atoms with van der Waals surface area (Å²) in [7, 11) is 8.84. The van der Waals surface area contributed by atoms with Crippen LogP contribution in [0, 0.1) is 0 Å². The molecule has 17 heteroatoms. The number of benzene rings is 3. The summed E-state index contributed by atoms with van der Waals surface area (Å²) in [6.07, 6.45) is 13.6. The lowest BCUT2D eigenvalue weighted by Crippen LogP contribution is -2.33. The number of imidazole rings is 1. The smallest absolute Gasteiger partial charge is 0.330 e. The van der Waals surface area contributed by atoms with Crippen LogP contribution in [-0.4, -0.2) is 135 Å². The Kier molecular flexibility index (Phi) is 16.0. The minimum Gasteiger partial charge on any atom is -0.423 e. The van der Waals surface area contributed by atoms with Gasteiger partial charge in [-0.05, 0) is 93.1 Å². The van der Waals surface area contributed by atoms with E-state index < -0.39 is 9.84 Å². The van der Waals surface area contributed by atoms with Crippen molar-refractivity contribution in [2.45, 2.75) is 43.9 Å². The topological polar surface area (TPSA) is 156 Å². The molecule has 6 aromatic rings. The van der Waals surface area contributed by atoms with E-state index >= 15 is 0 Å². The first-order valence-electron chi connectivity index (χ1n) is 22.3. The van der Waals surface area contributed by atoms with E-state index in [0.29, 0.717) is 23.7 Å². The third-order valence-corrected chi connectivity index (χ3v) is 13.5. The van der Waals surface area contributed by atoms with E-state index in [1.807, 2.05) is 110 Å². The van der Waals surface area contributed by atoms with E-state index in [4.69, 9.17) is 4.74 Å². The molecule has 0 fully saturated rings. The van der Waals surface area contributed by atoms with Crippen LogP contribution in [0.3, 0.4) is 0 Å². The Bertz CT molecular complexity index is 2720. The van der Waals surface area contributed by atoms with Gasteiger partial charge in [-0.2, -0.15) is 5.10 Å². The van der Waals surface area contributed by atoms with Crippen molar-refractivity contribution in [2.24, 2.45) is 0 Å². The zero-order chi connectivity index (χ0) is 47.5. The maximum atomic E-state index is 11.5. The molecule has 0 unspecified atom stereocenters. The highest BCUT2D eigenvalue weighted by molar-refractivity contribution is 7.94. The number of hydrogen-bond donors (Lipinski definition) is 1. The predicted octanol–water partition coefficient (Wildman–Crippen LogP) is 5.54. The van der Waals surface area contributed by atoms with Crippen LogP contribution < -0.4 is 19.4 Å². The summed E-state index contributed by atoms with van der Waals surface area (Å²) in [5.74, 6) is 1.87. The van der Waals surface area contributed by atoms with Gasteiger partial charge in [0.2, 0.25) is 9.84 Å². The molecule has 3 aromatic heterocycles. The number of esters is 1. The quantitative estimate of drug-likeness (QED) is 0.150. The second-order valence-corrected chi connectivity index (χ2v) is 19.1. The summed E-state index contributed by atoms with van der Waals surface area (Å²) in [5.41, 5.74) is 9.14. The zero-order valence-electron chi connectivity index (χ0n) is 39.2. The SMILES string of the molecule is CN1C=CS(=O)(=O)c2ccccc21.CN1CC(=O)Oc2ccccc21.CN1CC(=O)c2ccccc21.CN1CCc2ccncc2C1.CN1CCc2cn[nH]c2C1.CN1CCn2ccnc2C1. The molecule has 0 amide bonds. The summed E-state index contributed by atoms with van der Waals surface area (Å²) in [6, 6.07) is 24.3. The van der Waals surface area contributed by atoms with Crippen molar-refractivity contribution < 1.29 is 22.7 Å². The fourth-order valence-electron chi connectivity index (χ4n) is 8.20. The standard InChI is InChI=1S/C9H12N2.C9H9NO2S.C9H9NO2.C9H9NO.2C7H11N3/c1-11-5-3-8-2-4-10-6-9(8)7-11;1-10-6-7-13(11,12)9-5-3-2-4-8(9)10;1-10-6-9(11)12-8-5-3-2-4-7(8)10;1-10-6-9(11)7-4-2-3-5-8(7)10;1-10-3-2-6-4-8-9-7(6)5-10;1-9-4-5-10-3-2-8-7(10)6-9/h2,4,6H,3,5,7H2,1H3;2-7H,1H3;2-5H,6H2,1H3;2-5H,6H2,1H3;4H,2-3,5H2,1H3,(H,8,9);2-3H,4-6H2,1H3. The zero-order valence-corrected chi connectivity index (χ0v) is 40.1. The molecule has 67 heavy (non-hydrogen) atoms. The number of pyridine rings is 1. The molecule has 6 aliphatic heterocycles. The summed E-state index contributed by atoms with van der Waals surface area (Å²) < 4.78 is 30.2. The van der Waals surface area contributed by atoms with Gasteiger partial charge in [0.1, 0.15) is 12.4 Å². The molecule has 0 atom stereocenters. The van der Waals surface area contributed by atoms with Crippen molar-refractivity contribution in [1.29, 1.82) is 0 Å². The van der Waals surface area contributed by atoms with Gasteiger partial charge >= 0.3 is 5.97 Å². The number of likely N-dealkylation sites (N-methyl/N-ethyl adjacent to an activating group) is 5. The number of rotatable bonds is 0. The number of nitrogens with one attached hydrogen (secondary N) is 1. The van der Waals surface area contributed by atoms with Crippen LogP contribution in [0.4, 0.5) is 17.1 Å². The van der Waals surface area contributed by atoms with Crippen molar-refractivity contribution in [2.75, 3.05) is 89.7 Å². The molecule has 0 radical (unpaired) electrons. The second kappa shape index (κ2) is 22.2. The molecule has 3 aromatic carbocycles. The third-order valence-electron chi connectivity index (χ3n) is 12.0. The Labute approximate surface area is 394 Å². The van der Waals surface area contributed by atoms with E-state index in [-0.39, 0.29) is 11.8 Å². The van der Waals surface area contributed by atoms with Gasteiger partial charge in [-0.25, -0.2) is 18.2 Å². The Morgan fingerprint density at radius 3 is 2.07 bits per heavy atom. The van der Waals surface area contributed by atoms with E-state index in [1.54, 1.807) is 35.4 Å². The number of anilines is 3. The minimum absolute atomic E-state index is 0.198. The number of hydrogen-bond acceptors (Lipinski definition) is 14. The highest BCUT2D eigenvalue weighted by Gasteiger charge is 2.23. The lowest BCUT2D eigenvalue weighted by molar-refractivity contribution is -0.133. The summed E-state index contributed by atoms with van der Waals surface area (Å²) in [4.78, 5) is 43.4. The van der Waals surface area contributed by atoms with Crippen LogP contribution in [0.25, 0.3) is 0 Å². The molecule has 9 heterocycles. The average molecular weight is 928 g/mol. The van der Waals surface area contributed by atoms with E-state index in [9.17, 15) is 18.0 Å². The van der Waals surface area contributed by atoms with Gasteiger partial charge in [0.05, 0.1) is 46.7 Å². The molecule has 0 bridgehead atoms. The van der Waals surface area contributed by atoms with Gasteiger partial charge in [0.15, 0.2) is 11.5 Å². The van der Waals surface area contributed by atoms with E-state index in [1.165, 1.54) is 46.6 Å². The number of para-hydroxylation sites is 4. The second-order valence-electron chi connectivity index (χ2n) is 17.3. The molecule has 0 saturated heterocycles. The van der Waals surface area contributed by atoms with Gasteiger partial charge in [-0.1, -0.05) is 36.4 Å². The maximum Gasteiger partial charge on any atom is 0.330 e. The molecule has 1 N–H and O–H groups in total. The first-order chi connectivity index (χ1) is 32.3. The highest BCUT2D eigenvalue weighted by atomic mass is 32.2. The molecule has 0 aliphatic carbocycles. The van der Waals surface area contributed by atoms with Crippen LogP contribution in [0.1, 0.15) is 38.6 Å². The first-order valence-corrected chi connectivity index (χ1v) is 23.9. The van der Waals surface area contributed by atoms with Crippen molar-refractivity contribution in [1.82, 2.24) is 39.4 Å². The van der Waals surface area contributed by atoms with Crippen LogP contribution in [-0.2, 0) is 53.7 Å². The fourth-order valence-corrected chi connectivity index (χ4v) is 9.46. The lowest BCUT2D eigenvalue weighted by atomic mass is 10.0. The van der Waals surface area contributed by atoms with Gasteiger partial charge in [0, 0.05) is 103 Å². The molecular formula is C50H61N11O5S. The minimum atomic E-state index is -3.20. The number of fused-ring (bicyclic) bond motifs is 6. The number of ketones is 1. The normalized spacial score (nSPS) is 17.4. The Hall–Kier alpha value is -6.66. The van der Waals surface area contributed by atoms with Crippen LogP contribution >= 0.6 is 0 Å². The summed E-state index contributed by atoms with van der Waals surface area (Å²) >= 11 is 0. The number of aromatic amines is 1. The molecule has 12 rings (SSSR count). The molecule has 0 saturated carbocycles. The largest absolute Gasteiger partial charge is 0.423 e. The Balaban J connectivity index is 0.000000120. The Morgan fingerprint density at radius 2 is 1.30 bits per heavy atom. The van der Waals surface area contributed by atoms with Gasteiger partial charge in [0.25, 0.3) is 0 Å². The fraction of sp³-hybridized carbons (Fsp3) is 0.340. The molecule has 16 nitrogen and oxygen atoms in total. The molecule has 0 spiro atoms. The van der Waals surface area contributed by atoms with E-state index in [0.717, 1.165) is 68.3 Å². The number of aromatic nitrogens is 5. The highest BCUT2D eigenvalue weighted by Crippen LogP contribution is 2.31. The molecular weight excluding hydrogens is 867 g/mol. The number of Topliss-reactive ketones (excluding diaryl/α,β-unsaturated/α-hetero) is 1. The van der Waals surface area contributed by atoms with E-state index in [2.05, 4.69) is 66.6 Å². The molecule has 6 aliphatic rings. The first kappa shape index (κ1) is 48.3. The maximum absolute atomic E-state index is 11.5. The summed E-state index contributed by atoms with van der Waals surface area (Å²) in [6.45, 7) is 8.50. The number of carbonyl (C=O) groups excluding carboxylic acids is 2. The van der Waals surface area contributed by atoms with Crippen LogP contribution in [0.2, 0.25) is 0 Å². The number of sulfone groups is 1. The summed E-state index contributed by atoms with van der Waals surface area (Å²) in [5, 5.41) is 8.20. The van der Waals surface area contributed by atoms with Gasteiger partial charge < -0.3 is 33.8 Å². The van der Waals surface area contributed by atoms with Crippen LogP contribution in [0.15, 0.2) is 126 Å². The average Bonchev–Trinajstić information content (AvgIpc) is 4.07. The van der Waals surface area contributed by atoms with Crippen LogP contribution in [0.5, 0.6) is 5.75 Å². The molecule has 352 valence electrons. The number of carbonyl (C=O) groups is 2. The monoisotopic (exact) mass is 927 g/mol. The van der Waals surface area contributed by atoms with Crippen molar-refractivity contribution >= 4 is 38.7 Å². The number of ether oxygens (including phenoxy) is 1. The predicted molar refractivity (Wildman–Crippen MR) is 262 cm³/mol.